The number of aryl methyl sites for hydroxylation is 2. The molecule has 7 nitrogen and oxygen atoms in total. The molecule has 0 bridgehead atoms. The maximum absolute atomic E-state index is 12.9. The van der Waals surface area contributed by atoms with Gasteiger partial charge in [0.05, 0.1) is 17.0 Å². The van der Waals surface area contributed by atoms with Gasteiger partial charge in [0.25, 0.3) is 5.56 Å². The largest absolute Gasteiger partial charge is 0.354 e. The van der Waals surface area contributed by atoms with E-state index in [1.807, 2.05) is 26.8 Å². The van der Waals surface area contributed by atoms with Gasteiger partial charge in [0, 0.05) is 24.7 Å². The molecule has 23 heavy (non-hydrogen) atoms. The van der Waals surface area contributed by atoms with Gasteiger partial charge in [0.1, 0.15) is 5.65 Å². The minimum atomic E-state index is -0.0769. The van der Waals surface area contributed by atoms with E-state index in [1.54, 1.807) is 16.8 Å². The maximum Gasteiger partial charge on any atom is 0.261 e. The van der Waals surface area contributed by atoms with Crippen molar-refractivity contribution in [3.63, 3.8) is 0 Å². The average molecular weight is 312 g/mol. The van der Waals surface area contributed by atoms with Crippen molar-refractivity contribution in [2.45, 2.75) is 33.7 Å². The quantitative estimate of drug-likeness (QED) is 0.755. The second-order valence-electron chi connectivity index (χ2n) is 5.37. The van der Waals surface area contributed by atoms with Gasteiger partial charge in [-0.3, -0.25) is 14.5 Å². The van der Waals surface area contributed by atoms with Gasteiger partial charge in [-0.25, -0.2) is 4.98 Å². The molecule has 0 aliphatic rings. The van der Waals surface area contributed by atoms with Crippen LogP contribution in [0.15, 0.2) is 23.1 Å². The molecule has 0 aliphatic heterocycles. The summed E-state index contributed by atoms with van der Waals surface area (Å²) in [5, 5.41) is 10.9. The molecule has 0 radical (unpaired) electrons. The Labute approximate surface area is 133 Å². The Balaban J connectivity index is 2.34. The fourth-order valence-corrected chi connectivity index (χ4v) is 2.65. The summed E-state index contributed by atoms with van der Waals surface area (Å²) in [5.41, 5.74) is 2.63. The summed E-state index contributed by atoms with van der Waals surface area (Å²) in [6.07, 6.45) is 2.55. The Morgan fingerprint density at radius 1 is 1.30 bits per heavy atom. The zero-order valence-corrected chi connectivity index (χ0v) is 13.6. The summed E-state index contributed by atoms with van der Waals surface area (Å²) in [6.45, 7) is 7.30. The molecule has 3 heterocycles. The predicted molar refractivity (Wildman–Crippen MR) is 90.6 cm³/mol. The number of nitrogens with zero attached hydrogens (tertiary/aromatic N) is 4. The number of aromatic nitrogens is 5. The number of fused-ring (bicyclic) bond motifs is 1. The van der Waals surface area contributed by atoms with Crippen molar-refractivity contribution in [1.29, 1.82) is 0 Å². The lowest BCUT2D eigenvalue weighted by Crippen LogP contribution is -2.24. The SMILES string of the molecule is CCCn1c(=O)c(-c2cc[nH]n2)cc2c(C)nc(NCC)nc21. The molecule has 0 aromatic carbocycles. The smallest absolute Gasteiger partial charge is 0.261 e. The normalized spacial score (nSPS) is 11.1. The lowest BCUT2D eigenvalue weighted by Gasteiger charge is -2.13. The third-order valence-electron chi connectivity index (χ3n) is 3.69. The van der Waals surface area contributed by atoms with Crippen molar-refractivity contribution in [2.24, 2.45) is 0 Å². The van der Waals surface area contributed by atoms with Crippen LogP contribution >= 0.6 is 0 Å². The van der Waals surface area contributed by atoms with Crippen LogP contribution in [0, 0.1) is 6.92 Å². The van der Waals surface area contributed by atoms with Gasteiger partial charge >= 0.3 is 0 Å². The third kappa shape index (κ3) is 2.69. The van der Waals surface area contributed by atoms with E-state index in [-0.39, 0.29) is 5.56 Å². The lowest BCUT2D eigenvalue weighted by molar-refractivity contribution is 0.672. The number of nitrogens with one attached hydrogen (secondary N) is 2. The molecular formula is C16H20N6O. The molecular weight excluding hydrogens is 292 g/mol. The van der Waals surface area contributed by atoms with Crippen LogP contribution in [0.2, 0.25) is 0 Å². The third-order valence-corrected chi connectivity index (χ3v) is 3.69. The molecule has 0 fully saturated rings. The maximum atomic E-state index is 12.9. The minimum absolute atomic E-state index is 0.0769. The summed E-state index contributed by atoms with van der Waals surface area (Å²) >= 11 is 0. The van der Waals surface area contributed by atoms with Crippen LogP contribution in [0.3, 0.4) is 0 Å². The second-order valence-corrected chi connectivity index (χ2v) is 5.37. The van der Waals surface area contributed by atoms with Gasteiger partial charge in [-0.15, -0.1) is 0 Å². The van der Waals surface area contributed by atoms with Crippen LogP contribution in [0.25, 0.3) is 22.3 Å². The van der Waals surface area contributed by atoms with Crippen LogP contribution in [0.4, 0.5) is 5.95 Å². The molecule has 3 aromatic rings. The highest BCUT2D eigenvalue weighted by Gasteiger charge is 2.15. The number of anilines is 1. The van der Waals surface area contributed by atoms with Crippen molar-refractivity contribution in [3.8, 4) is 11.3 Å². The lowest BCUT2D eigenvalue weighted by atomic mass is 10.1. The highest BCUT2D eigenvalue weighted by molar-refractivity contribution is 5.83. The average Bonchev–Trinajstić information content (AvgIpc) is 3.05. The van der Waals surface area contributed by atoms with Gasteiger partial charge in [-0.05, 0) is 32.4 Å². The summed E-state index contributed by atoms with van der Waals surface area (Å²) in [7, 11) is 0. The van der Waals surface area contributed by atoms with Crippen LogP contribution in [-0.2, 0) is 6.54 Å². The Morgan fingerprint density at radius 2 is 2.13 bits per heavy atom. The van der Waals surface area contributed by atoms with Crippen LogP contribution in [-0.4, -0.2) is 31.3 Å². The van der Waals surface area contributed by atoms with Gasteiger partial charge < -0.3 is 5.32 Å². The van der Waals surface area contributed by atoms with Crippen molar-refractivity contribution >= 4 is 17.0 Å². The molecule has 3 rings (SSSR count). The van der Waals surface area contributed by atoms with E-state index in [4.69, 9.17) is 0 Å². The number of rotatable bonds is 5. The van der Waals surface area contributed by atoms with Gasteiger partial charge in [0.15, 0.2) is 0 Å². The minimum Gasteiger partial charge on any atom is -0.354 e. The number of hydrogen-bond acceptors (Lipinski definition) is 5. The highest BCUT2D eigenvalue weighted by Crippen LogP contribution is 2.21. The first-order chi connectivity index (χ1) is 11.2. The van der Waals surface area contributed by atoms with Crippen LogP contribution in [0.1, 0.15) is 26.0 Å². The Hall–Kier alpha value is -2.70. The molecule has 0 spiro atoms. The molecule has 120 valence electrons. The second kappa shape index (κ2) is 6.20. The highest BCUT2D eigenvalue weighted by atomic mass is 16.1. The van der Waals surface area contributed by atoms with Crippen molar-refractivity contribution < 1.29 is 0 Å². The van der Waals surface area contributed by atoms with Gasteiger partial charge in [-0.1, -0.05) is 6.92 Å². The molecule has 0 saturated carbocycles. The zero-order chi connectivity index (χ0) is 16.4. The predicted octanol–water partition coefficient (Wildman–Crippen LogP) is 2.33. The van der Waals surface area contributed by atoms with Gasteiger partial charge in [-0.2, -0.15) is 10.1 Å². The first kappa shape index (κ1) is 15.2. The fraction of sp³-hybridized carbons (Fsp3) is 0.375. The standard InChI is InChI=1S/C16H20N6O/c1-4-8-22-14-11(10(3)19-16(20-14)17-5-2)9-12(15(22)23)13-6-7-18-21-13/h6-7,9H,4-5,8H2,1-3H3,(H,18,21)(H,17,19,20). The van der Waals surface area contributed by atoms with Crippen LogP contribution < -0.4 is 10.9 Å². The van der Waals surface area contributed by atoms with E-state index >= 15 is 0 Å². The Morgan fingerprint density at radius 3 is 2.78 bits per heavy atom. The van der Waals surface area contributed by atoms with Crippen LogP contribution in [0.5, 0.6) is 0 Å². The Bertz CT molecular complexity index is 882. The number of pyridine rings is 1. The molecule has 3 aromatic heterocycles. The molecule has 7 heteroatoms. The van der Waals surface area contributed by atoms with Crippen molar-refractivity contribution in [3.05, 3.63) is 34.4 Å². The van der Waals surface area contributed by atoms with Crippen molar-refractivity contribution in [1.82, 2.24) is 24.7 Å². The molecule has 0 saturated heterocycles. The summed E-state index contributed by atoms with van der Waals surface area (Å²) < 4.78 is 1.72. The zero-order valence-electron chi connectivity index (χ0n) is 13.6. The summed E-state index contributed by atoms with van der Waals surface area (Å²) in [6, 6.07) is 3.63. The van der Waals surface area contributed by atoms with E-state index in [0.29, 0.717) is 29.4 Å². The van der Waals surface area contributed by atoms with Crippen molar-refractivity contribution in [2.75, 3.05) is 11.9 Å². The van der Waals surface area contributed by atoms with Gasteiger partial charge in [0.2, 0.25) is 5.95 Å². The first-order valence-corrected chi connectivity index (χ1v) is 7.82. The summed E-state index contributed by atoms with van der Waals surface area (Å²) in [5.74, 6) is 0.550. The topological polar surface area (TPSA) is 88.5 Å². The van der Waals surface area contributed by atoms with E-state index in [1.165, 1.54) is 0 Å². The molecule has 0 unspecified atom stereocenters. The Kier molecular flexibility index (Phi) is 4.10. The number of aromatic amines is 1. The summed E-state index contributed by atoms with van der Waals surface area (Å²) in [4.78, 5) is 21.9. The molecule has 0 atom stereocenters. The fourth-order valence-electron chi connectivity index (χ4n) is 2.65. The number of hydrogen-bond donors (Lipinski definition) is 2. The molecule has 2 N–H and O–H groups in total. The molecule has 0 aliphatic carbocycles. The van der Waals surface area contributed by atoms with E-state index in [2.05, 4.69) is 25.5 Å². The monoisotopic (exact) mass is 312 g/mol. The van der Waals surface area contributed by atoms with E-state index < -0.39 is 0 Å². The molecule has 0 amide bonds. The first-order valence-electron chi connectivity index (χ1n) is 7.82. The van der Waals surface area contributed by atoms with E-state index in [0.717, 1.165) is 24.0 Å². The number of H-pyrrole nitrogens is 1. The van der Waals surface area contributed by atoms with E-state index in [9.17, 15) is 4.79 Å².